The average molecular weight is 391 g/mol. The van der Waals surface area contributed by atoms with E-state index in [0.717, 1.165) is 31.4 Å². The van der Waals surface area contributed by atoms with Gasteiger partial charge in [0.2, 0.25) is 5.91 Å². The zero-order valence-corrected chi connectivity index (χ0v) is 17.3. The molecule has 1 aromatic heterocycles. The maximum absolute atomic E-state index is 12.1. The normalized spacial score (nSPS) is 15.3. The molecular formula is C24H26N2OS. The van der Waals surface area contributed by atoms with Gasteiger partial charge in [0.15, 0.2) is 0 Å². The Bertz CT molecular complexity index is 960. The highest BCUT2D eigenvalue weighted by molar-refractivity contribution is 8.00. The van der Waals surface area contributed by atoms with Crippen molar-refractivity contribution in [2.75, 3.05) is 13.1 Å². The minimum absolute atomic E-state index is 0.0991. The van der Waals surface area contributed by atoms with E-state index < -0.39 is 0 Å². The fraction of sp³-hybridized carbons (Fsp3) is 0.333. The molecule has 4 rings (SSSR count). The fourth-order valence-electron chi connectivity index (χ4n) is 3.72. The molecule has 0 N–H and O–H groups in total. The number of hydrogen-bond acceptors (Lipinski definition) is 3. The molecule has 4 heteroatoms. The highest BCUT2D eigenvalue weighted by atomic mass is 32.2. The van der Waals surface area contributed by atoms with Crippen LogP contribution in [0.5, 0.6) is 0 Å². The van der Waals surface area contributed by atoms with E-state index in [1.165, 1.54) is 21.4 Å². The molecule has 1 aliphatic heterocycles. The topological polar surface area (TPSA) is 33.2 Å². The van der Waals surface area contributed by atoms with Gasteiger partial charge in [0.25, 0.3) is 0 Å². The van der Waals surface area contributed by atoms with E-state index in [2.05, 4.69) is 53.5 Å². The van der Waals surface area contributed by atoms with Gasteiger partial charge in [0.05, 0.1) is 5.52 Å². The molecule has 0 unspecified atom stereocenters. The molecule has 0 aliphatic carbocycles. The van der Waals surface area contributed by atoms with Crippen molar-refractivity contribution in [2.45, 2.75) is 36.8 Å². The van der Waals surface area contributed by atoms with Crippen molar-refractivity contribution in [3.05, 3.63) is 60.8 Å². The molecule has 0 spiro atoms. The van der Waals surface area contributed by atoms with Crippen LogP contribution >= 0.6 is 11.8 Å². The lowest BCUT2D eigenvalue weighted by Gasteiger charge is -2.32. The maximum Gasteiger partial charge on any atom is 0.225 e. The smallest absolute Gasteiger partial charge is 0.225 e. The Morgan fingerprint density at radius 2 is 1.75 bits per heavy atom. The van der Waals surface area contributed by atoms with Gasteiger partial charge >= 0.3 is 0 Å². The first kappa shape index (κ1) is 19.0. The second-order valence-corrected chi connectivity index (χ2v) is 9.11. The third-order valence-corrected chi connectivity index (χ3v) is 6.69. The molecule has 0 bridgehead atoms. The predicted molar refractivity (Wildman–Crippen MR) is 117 cm³/mol. The van der Waals surface area contributed by atoms with E-state index in [4.69, 9.17) is 0 Å². The Labute approximate surface area is 171 Å². The van der Waals surface area contributed by atoms with Crippen LogP contribution in [0.2, 0.25) is 0 Å². The molecule has 0 saturated carbocycles. The number of likely N-dealkylation sites (tertiary alicyclic amines) is 1. The number of rotatable bonds is 4. The van der Waals surface area contributed by atoms with Crippen LogP contribution in [0.25, 0.3) is 22.0 Å². The first-order chi connectivity index (χ1) is 13.6. The standard InChI is InChI=1S/C24H26N2OS/c1-17(2)24(27)26-14-11-22(12-15-26)28-21-9-7-18(8-10-21)20-6-5-19-4-3-13-25-23(19)16-20/h3-10,13,16-17,22H,11-12,14-15H2,1-2H3. The Hall–Kier alpha value is -2.33. The van der Waals surface area contributed by atoms with E-state index in [9.17, 15) is 4.79 Å². The number of benzene rings is 2. The first-order valence-corrected chi connectivity index (χ1v) is 10.9. The van der Waals surface area contributed by atoms with Crippen molar-refractivity contribution in [1.82, 2.24) is 9.88 Å². The second-order valence-electron chi connectivity index (χ2n) is 7.73. The summed E-state index contributed by atoms with van der Waals surface area (Å²) in [5.41, 5.74) is 3.44. The van der Waals surface area contributed by atoms with Crippen LogP contribution in [0.15, 0.2) is 65.7 Å². The molecule has 1 saturated heterocycles. The summed E-state index contributed by atoms with van der Waals surface area (Å²) in [6.07, 6.45) is 3.98. The van der Waals surface area contributed by atoms with Crippen molar-refractivity contribution < 1.29 is 4.79 Å². The van der Waals surface area contributed by atoms with E-state index in [1.807, 2.05) is 42.8 Å². The molecular weight excluding hydrogens is 364 g/mol. The number of pyridine rings is 1. The second kappa shape index (κ2) is 8.36. The fourth-order valence-corrected chi connectivity index (χ4v) is 4.85. The molecule has 2 aromatic carbocycles. The number of piperidine rings is 1. The highest BCUT2D eigenvalue weighted by Crippen LogP contribution is 2.32. The van der Waals surface area contributed by atoms with E-state index in [0.29, 0.717) is 5.25 Å². The highest BCUT2D eigenvalue weighted by Gasteiger charge is 2.24. The molecule has 3 nitrogen and oxygen atoms in total. The van der Waals surface area contributed by atoms with Gasteiger partial charge < -0.3 is 4.90 Å². The minimum atomic E-state index is 0.0991. The van der Waals surface area contributed by atoms with Gasteiger partial charge in [-0.2, -0.15) is 0 Å². The zero-order chi connectivity index (χ0) is 19.5. The monoisotopic (exact) mass is 390 g/mol. The number of thioether (sulfide) groups is 1. The molecule has 1 fully saturated rings. The summed E-state index contributed by atoms with van der Waals surface area (Å²) in [5.74, 6) is 0.389. The minimum Gasteiger partial charge on any atom is -0.342 e. The molecule has 144 valence electrons. The number of aromatic nitrogens is 1. The van der Waals surface area contributed by atoms with Crippen LogP contribution in [-0.4, -0.2) is 34.1 Å². The Kier molecular flexibility index (Phi) is 5.67. The van der Waals surface area contributed by atoms with Crippen LogP contribution < -0.4 is 0 Å². The molecule has 1 aliphatic rings. The quantitative estimate of drug-likeness (QED) is 0.578. The number of nitrogens with zero attached hydrogens (tertiary/aromatic N) is 2. The Balaban J connectivity index is 1.39. The summed E-state index contributed by atoms with van der Waals surface area (Å²) >= 11 is 1.94. The van der Waals surface area contributed by atoms with Crippen LogP contribution in [0.1, 0.15) is 26.7 Å². The first-order valence-electron chi connectivity index (χ1n) is 10.0. The van der Waals surface area contributed by atoms with Crippen LogP contribution in [-0.2, 0) is 4.79 Å². The lowest BCUT2D eigenvalue weighted by molar-refractivity contribution is -0.135. The van der Waals surface area contributed by atoms with Gasteiger partial charge in [0, 0.05) is 40.7 Å². The van der Waals surface area contributed by atoms with Crippen LogP contribution in [0.4, 0.5) is 0 Å². The van der Waals surface area contributed by atoms with Crippen LogP contribution in [0, 0.1) is 5.92 Å². The number of carbonyl (C=O) groups excluding carboxylic acids is 1. The van der Waals surface area contributed by atoms with Crippen molar-refractivity contribution in [1.29, 1.82) is 0 Å². The summed E-state index contributed by atoms with van der Waals surface area (Å²) in [4.78, 5) is 19.9. The third kappa shape index (κ3) is 4.22. The zero-order valence-electron chi connectivity index (χ0n) is 16.5. The summed E-state index contributed by atoms with van der Waals surface area (Å²) in [6, 6.07) is 19.3. The predicted octanol–water partition coefficient (Wildman–Crippen LogP) is 5.64. The number of carbonyl (C=O) groups is 1. The lowest BCUT2D eigenvalue weighted by Crippen LogP contribution is -2.41. The van der Waals surface area contributed by atoms with Crippen molar-refractivity contribution in [3.63, 3.8) is 0 Å². The van der Waals surface area contributed by atoms with Gasteiger partial charge in [-0.15, -0.1) is 11.8 Å². The van der Waals surface area contributed by atoms with E-state index >= 15 is 0 Å². The number of hydrogen-bond donors (Lipinski definition) is 0. The van der Waals surface area contributed by atoms with Crippen molar-refractivity contribution in [3.8, 4) is 11.1 Å². The van der Waals surface area contributed by atoms with Gasteiger partial charge in [-0.1, -0.05) is 44.2 Å². The molecule has 0 radical (unpaired) electrons. The van der Waals surface area contributed by atoms with Gasteiger partial charge in [-0.3, -0.25) is 9.78 Å². The molecule has 0 atom stereocenters. The SMILES string of the molecule is CC(C)C(=O)N1CCC(Sc2ccc(-c3ccc4cccnc4c3)cc2)CC1. The number of amides is 1. The van der Waals surface area contributed by atoms with Gasteiger partial charge in [-0.25, -0.2) is 0 Å². The third-order valence-electron chi connectivity index (χ3n) is 5.34. The average Bonchev–Trinajstić information content (AvgIpc) is 2.74. The lowest BCUT2D eigenvalue weighted by atomic mass is 10.0. The molecule has 28 heavy (non-hydrogen) atoms. The summed E-state index contributed by atoms with van der Waals surface area (Å²) in [6.45, 7) is 5.74. The Morgan fingerprint density at radius 1 is 1.04 bits per heavy atom. The summed E-state index contributed by atoms with van der Waals surface area (Å²) < 4.78 is 0. The Morgan fingerprint density at radius 3 is 2.46 bits per heavy atom. The summed E-state index contributed by atoms with van der Waals surface area (Å²) in [7, 11) is 0. The van der Waals surface area contributed by atoms with Gasteiger partial charge in [0.1, 0.15) is 0 Å². The van der Waals surface area contributed by atoms with Crippen molar-refractivity contribution >= 4 is 28.6 Å². The van der Waals surface area contributed by atoms with E-state index in [1.54, 1.807) is 0 Å². The van der Waals surface area contributed by atoms with Crippen LogP contribution in [0.3, 0.4) is 0 Å². The molecule has 1 amide bonds. The van der Waals surface area contributed by atoms with E-state index in [-0.39, 0.29) is 11.8 Å². The summed E-state index contributed by atoms with van der Waals surface area (Å²) in [5, 5.41) is 1.76. The largest absolute Gasteiger partial charge is 0.342 e. The van der Waals surface area contributed by atoms with Crippen molar-refractivity contribution in [2.24, 2.45) is 5.92 Å². The molecule has 2 heterocycles. The van der Waals surface area contributed by atoms with Gasteiger partial charge in [-0.05, 0) is 48.2 Å². The maximum atomic E-state index is 12.1. The molecule has 3 aromatic rings. The number of fused-ring (bicyclic) bond motifs is 1.